The molecule has 2 aromatic carbocycles. The van der Waals surface area contributed by atoms with Crippen molar-refractivity contribution in [1.29, 1.82) is 0 Å². The molecule has 0 bridgehead atoms. The Morgan fingerprint density at radius 3 is 2.32 bits per heavy atom. The second-order valence-corrected chi connectivity index (χ2v) is 7.72. The summed E-state index contributed by atoms with van der Waals surface area (Å²) in [6.07, 6.45) is 0. The number of nitrogens with zero attached hydrogens (tertiary/aromatic N) is 1. The lowest BCUT2D eigenvalue weighted by molar-refractivity contribution is 0.0781. The molecule has 25 heavy (non-hydrogen) atoms. The van der Waals surface area contributed by atoms with Gasteiger partial charge in [0.05, 0.1) is 5.56 Å². The fourth-order valence-corrected chi connectivity index (χ4v) is 3.40. The monoisotopic (exact) mass is 356 g/mol. The predicted octanol–water partition coefficient (Wildman–Crippen LogP) is 3.82. The molecule has 0 unspecified atom stereocenters. The van der Waals surface area contributed by atoms with E-state index >= 15 is 0 Å². The van der Waals surface area contributed by atoms with E-state index in [4.69, 9.17) is 0 Å². The van der Waals surface area contributed by atoms with Crippen LogP contribution in [0.4, 0.5) is 0 Å². The molecule has 2 amide bonds. The molecule has 0 aromatic heterocycles. The molecule has 0 aliphatic rings. The van der Waals surface area contributed by atoms with Gasteiger partial charge in [-0.25, -0.2) is 0 Å². The largest absolute Gasteiger partial charge is 0.355 e. The molecule has 0 aliphatic carbocycles. The lowest BCUT2D eigenvalue weighted by Gasteiger charge is -2.19. The molecular weight excluding hydrogens is 332 g/mol. The van der Waals surface area contributed by atoms with Crippen molar-refractivity contribution in [2.45, 2.75) is 30.5 Å². The SMILES string of the molecule is CNC(=O)c1ccc(CN(C)C(=O)c2ccccc2SC(C)C)cc1. The third-order valence-electron chi connectivity index (χ3n) is 3.69. The molecule has 0 radical (unpaired) electrons. The van der Waals surface area contributed by atoms with E-state index in [1.807, 2.05) is 36.4 Å². The van der Waals surface area contributed by atoms with Crippen LogP contribution >= 0.6 is 11.8 Å². The molecule has 132 valence electrons. The average Bonchev–Trinajstić information content (AvgIpc) is 2.61. The molecule has 0 saturated heterocycles. The molecule has 0 saturated carbocycles. The molecule has 0 aliphatic heterocycles. The molecule has 5 heteroatoms. The first-order valence-corrected chi connectivity index (χ1v) is 9.12. The normalized spacial score (nSPS) is 10.6. The van der Waals surface area contributed by atoms with Crippen LogP contribution in [0.5, 0.6) is 0 Å². The molecule has 4 nitrogen and oxygen atoms in total. The Labute approximate surface area is 153 Å². The van der Waals surface area contributed by atoms with E-state index in [2.05, 4.69) is 19.2 Å². The molecular formula is C20H24N2O2S. The lowest BCUT2D eigenvalue weighted by atomic mass is 10.1. The summed E-state index contributed by atoms with van der Waals surface area (Å²) in [6.45, 7) is 4.72. The number of amides is 2. The maximum atomic E-state index is 12.8. The van der Waals surface area contributed by atoms with Gasteiger partial charge in [0, 0.05) is 36.3 Å². The Balaban J connectivity index is 2.12. The second-order valence-electron chi connectivity index (χ2n) is 6.10. The maximum Gasteiger partial charge on any atom is 0.255 e. The molecule has 0 atom stereocenters. The van der Waals surface area contributed by atoms with Crippen LogP contribution in [0.3, 0.4) is 0 Å². The van der Waals surface area contributed by atoms with Gasteiger partial charge in [0.15, 0.2) is 0 Å². The van der Waals surface area contributed by atoms with Crippen molar-refractivity contribution >= 4 is 23.6 Å². The van der Waals surface area contributed by atoms with Crippen LogP contribution in [-0.4, -0.2) is 36.1 Å². The zero-order valence-corrected chi connectivity index (χ0v) is 15.9. The molecule has 0 spiro atoms. The smallest absolute Gasteiger partial charge is 0.255 e. The topological polar surface area (TPSA) is 49.4 Å². The van der Waals surface area contributed by atoms with Crippen molar-refractivity contribution in [2.24, 2.45) is 0 Å². The van der Waals surface area contributed by atoms with Crippen molar-refractivity contribution in [2.75, 3.05) is 14.1 Å². The van der Waals surface area contributed by atoms with Crippen LogP contribution in [-0.2, 0) is 6.54 Å². The van der Waals surface area contributed by atoms with Crippen LogP contribution < -0.4 is 5.32 Å². The van der Waals surface area contributed by atoms with Crippen molar-refractivity contribution in [3.63, 3.8) is 0 Å². The predicted molar refractivity (Wildman–Crippen MR) is 103 cm³/mol. The fraction of sp³-hybridized carbons (Fsp3) is 0.300. The minimum Gasteiger partial charge on any atom is -0.355 e. The summed E-state index contributed by atoms with van der Waals surface area (Å²) in [4.78, 5) is 27.1. The number of hydrogen-bond donors (Lipinski definition) is 1. The first-order valence-electron chi connectivity index (χ1n) is 8.24. The van der Waals surface area contributed by atoms with E-state index in [0.717, 1.165) is 16.0 Å². The number of rotatable bonds is 6. The summed E-state index contributed by atoms with van der Waals surface area (Å²) < 4.78 is 0. The Hall–Kier alpha value is -2.27. The van der Waals surface area contributed by atoms with E-state index in [9.17, 15) is 9.59 Å². The van der Waals surface area contributed by atoms with Gasteiger partial charge in [0.1, 0.15) is 0 Å². The quantitative estimate of drug-likeness (QED) is 0.801. The zero-order chi connectivity index (χ0) is 18.4. The highest BCUT2D eigenvalue weighted by Crippen LogP contribution is 2.27. The number of carbonyl (C=O) groups is 2. The third-order valence-corrected chi connectivity index (χ3v) is 4.77. The van der Waals surface area contributed by atoms with Gasteiger partial charge in [-0.1, -0.05) is 38.1 Å². The van der Waals surface area contributed by atoms with Crippen LogP contribution in [0.2, 0.25) is 0 Å². The van der Waals surface area contributed by atoms with Gasteiger partial charge in [-0.15, -0.1) is 11.8 Å². The molecule has 0 fully saturated rings. The summed E-state index contributed by atoms with van der Waals surface area (Å²) in [5.41, 5.74) is 2.32. The standard InChI is InChI=1S/C20H24N2O2S/c1-14(2)25-18-8-6-5-7-17(18)20(24)22(4)13-15-9-11-16(12-10-15)19(23)21-3/h5-12,14H,13H2,1-4H3,(H,21,23). The Bertz CT molecular complexity index is 742. The zero-order valence-electron chi connectivity index (χ0n) is 15.1. The summed E-state index contributed by atoms with van der Waals surface area (Å²) in [6, 6.07) is 15.0. The number of nitrogens with one attached hydrogen (secondary N) is 1. The van der Waals surface area contributed by atoms with Gasteiger partial charge in [0.2, 0.25) is 0 Å². The summed E-state index contributed by atoms with van der Waals surface area (Å²) in [5.74, 6) is -0.116. The Morgan fingerprint density at radius 2 is 1.72 bits per heavy atom. The van der Waals surface area contributed by atoms with Gasteiger partial charge in [0.25, 0.3) is 11.8 Å². The molecule has 0 heterocycles. The summed E-state index contributed by atoms with van der Waals surface area (Å²) >= 11 is 1.69. The van der Waals surface area contributed by atoms with Crippen molar-refractivity contribution in [1.82, 2.24) is 10.2 Å². The fourth-order valence-electron chi connectivity index (χ4n) is 2.46. The summed E-state index contributed by atoms with van der Waals surface area (Å²) in [5, 5.41) is 3.01. The van der Waals surface area contributed by atoms with Gasteiger partial charge in [-0.05, 0) is 29.8 Å². The number of benzene rings is 2. The van der Waals surface area contributed by atoms with Crippen LogP contribution in [0.25, 0.3) is 0 Å². The Kier molecular flexibility index (Phi) is 6.65. The van der Waals surface area contributed by atoms with Crippen molar-refractivity contribution < 1.29 is 9.59 Å². The highest BCUT2D eigenvalue weighted by atomic mass is 32.2. The highest BCUT2D eigenvalue weighted by Gasteiger charge is 2.17. The van der Waals surface area contributed by atoms with Crippen molar-refractivity contribution in [3.05, 3.63) is 65.2 Å². The van der Waals surface area contributed by atoms with Crippen LogP contribution in [0, 0.1) is 0 Å². The number of thioether (sulfide) groups is 1. The number of hydrogen-bond acceptors (Lipinski definition) is 3. The Morgan fingerprint density at radius 1 is 1.08 bits per heavy atom. The van der Waals surface area contributed by atoms with E-state index in [-0.39, 0.29) is 11.8 Å². The minimum atomic E-state index is -0.115. The van der Waals surface area contributed by atoms with Crippen LogP contribution in [0.15, 0.2) is 53.4 Å². The molecule has 2 aromatic rings. The molecule has 2 rings (SSSR count). The summed E-state index contributed by atoms with van der Waals surface area (Å²) in [7, 11) is 3.40. The van der Waals surface area contributed by atoms with E-state index < -0.39 is 0 Å². The van der Waals surface area contributed by atoms with Gasteiger partial charge in [-0.2, -0.15) is 0 Å². The molecule has 1 N–H and O–H groups in total. The third kappa shape index (κ3) is 5.10. The van der Waals surface area contributed by atoms with E-state index in [1.54, 1.807) is 42.9 Å². The van der Waals surface area contributed by atoms with Crippen LogP contribution in [0.1, 0.15) is 40.1 Å². The van der Waals surface area contributed by atoms with Gasteiger partial charge < -0.3 is 10.2 Å². The maximum absolute atomic E-state index is 12.8. The van der Waals surface area contributed by atoms with Gasteiger partial charge >= 0.3 is 0 Å². The van der Waals surface area contributed by atoms with Gasteiger partial charge in [-0.3, -0.25) is 9.59 Å². The minimum absolute atomic E-state index is 0.000808. The number of carbonyl (C=O) groups excluding carboxylic acids is 2. The lowest BCUT2D eigenvalue weighted by Crippen LogP contribution is -2.26. The van der Waals surface area contributed by atoms with E-state index in [0.29, 0.717) is 17.4 Å². The first kappa shape index (κ1) is 19.1. The van der Waals surface area contributed by atoms with E-state index in [1.165, 1.54) is 0 Å². The first-order chi connectivity index (χ1) is 11.9. The van der Waals surface area contributed by atoms with Crippen molar-refractivity contribution in [3.8, 4) is 0 Å². The highest BCUT2D eigenvalue weighted by molar-refractivity contribution is 8.00. The average molecular weight is 356 g/mol. The second kappa shape index (κ2) is 8.72.